The first-order valence-corrected chi connectivity index (χ1v) is 16.0. The van der Waals surface area contributed by atoms with Crippen LogP contribution in [0.5, 0.6) is 0 Å². The normalized spacial score (nSPS) is 22.4. The Labute approximate surface area is 235 Å². The van der Waals surface area contributed by atoms with Crippen molar-refractivity contribution < 1.29 is 38.3 Å². The number of nitrogens with zero attached hydrogens (tertiary/aromatic N) is 1. The zero-order valence-corrected chi connectivity index (χ0v) is 24.7. The van der Waals surface area contributed by atoms with Crippen LogP contribution in [0, 0.1) is 6.92 Å². The number of aryl methyl sites for hydroxylation is 1. The van der Waals surface area contributed by atoms with Crippen LogP contribution in [0.3, 0.4) is 0 Å². The van der Waals surface area contributed by atoms with Gasteiger partial charge in [-0.2, -0.15) is 0 Å². The molecule has 1 aromatic heterocycles. The highest BCUT2D eigenvalue weighted by molar-refractivity contribution is 7.47. The first kappa shape index (κ1) is 34.4. The second-order valence-corrected chi connectivity index (χ2v) is 12.1. The minimum atomic E-state index is -4.55. The molecule has 0 saturated carbocycles. The van der Waals surface area contributed by atoms with Gasteiger partial charge in [0, 0.05) is 18.2 Å². The largest absolute Gasteiger partial charge is 0.547 e. The number of hydrogen-bond donors (Lipinski definition) is 3. The highest BCUT2D eigenvalue weighted by Crippen LogP contribution is 2.45. The van der Waals surface area contributed by atoms with E-state index in [0.717, 1.165) is 23.8 Å². The molecule has 1 saturated heterocycles. The molecule has 1 fully saturated rings. The molecule has 0 amide bonds. The zero-order valence-electron chi connectivity index (χ0n) is 23.8. The molecular weight excluding hydrogens is 543 g/mol. The van der Waals surface area contributed by atoms with Crippen molar-refractivity contribution in [3.05, 3.63) is 32.6 Å². The molecule has 1 aromatic rings. The molecule has 0 radical (unpaired) electrons. The van der Waals surface area contributed by atoms with Crippen molar-refractivity contribution in [3.63, 3.8) is 0 Å². The molecule has 3 N–H and O–H groups in total. The van der Waals surface area contributed by atoms with Crippen molar-refractivity contribution in [1.29, 1.82) is 0 Å². The fourth-order valence-electron chi connectivity index (χ4n) is 4.78. The number of hydrogen-bond acceptors (Lipinski definition) is 9. The third kappa shape index (κ3) is 11.2. The number of nitrogens with one attached hydrogen (secondary N) is 1. The molecule has 1 aliphatic heterocycles. The van der Waals surface area contributed by atoms with Gasteiger partial charge in [0.1, 0.15) is 17.9 Å². The number of phosphoric ester groups is 1. The maximum Gasteiger partial charge on any atom is 0.472 e. The van der Waals surface area contributed by atoms with Gasteiger partial charge < -0.3 is 24.6 Å². The van der Waals surface area contributed by atoms with E-state index in [1.165, 1.54) is 77.3 Å². The molecule has 230 valence electrons. The van der Waals surface area contributed by atoms with Gasteiger partial charge in [0.05, 0.1) is 19.2 Å². The molecule has 2 heterocycles. The number of carboxylic acid groups (broad SMARTS) is 1. The van der Waals surface area contributed by atoms with Crippen LogP contribution >= 0.6 is 7.82 Å². The first-order valence-electron chi connectivity index (χ1n) is 14.5. The lowest BCUT2D eigenvalue weighted by atomic mass is 9.95. The van der Waals surface area contributed by atoms with Gasteiger partial charge in [-0.25, -0.2) is 9.36 Å². The fourth-order valence-corrected chi connectivity index (χ4v) is 5.54. The summed E-state index contributed by atoms with van der Waals surface area (Å²) >= 11 is 0. The molecule has 0 aromatic carbocycles. The number of carboxylic acids is 1. The smallest absolute Gasteiger partial charge is 0.472 e. The molecule has 0 aliphatic carbocycles. The van der Waals surface area contributed by atoms with Gasteiger partial charge in [-0.3, -0.25) is 23.4 Å². The molecule has 2 rings (SSSR count). The number of rotatable bonds is 21. The summed E-state index contributed by atoms with van der Waals surface area (Å²) in [5.74, 6) is -1.89. The van der Waals surface area contributed by atoms with E-state index in [1.807, 2.05) is 0 Å². The molecule has 1 unspecified atom stereocenters. The zero-order chi connectivity index (χ0) is 29.6. The summed E-state index contributed by atoms with van der Waals surface area (Å²) in [6.07, 6.45) is 14.1. The van der Waals surface area contributed by atoms with Crippen LogP contribution in [-0.4, -0.2) is 50.4 Å². The van der Waals surface area contributed by atoms with E-state index >= 15 is 0 Å². The lowest BCUT2D eigenvalue weighted by Crippen LogP contribution is -2.55. The Bertz CT molecular complexity index is 1070. The van der Waals surface area contributed by atoms with E-state index in [-0.39, 0.29) is 12.2 Å². The number of ether oxygens (including phenoxy) is 1. The topological polar surface area (TPSA) is 180 Å². The average Bonchev–Trinajstić information content (AvgIpc) is 3.24. The van der Waals surface area contributed by atoms with Crippen molar-refractivity contribution >= 4 is 13.8 Å². The third-order valence-corrected chi connectivity index (χ3v) is 8.28. The minimum Gasteiger partial charge on any atom is -0.547 e. The van der Waals surface area contributed by atoms with Gasteiger partial charge in [0.25, 0.3) is 5.56 Å². The number of carbonyl (C=O) groups is 1. The fraction of sp³-hybridized carbons (Fsp3) is 0.815. The summed E-state index contributed by atoms with van der Waals surface area (Å²) in [7, 11) is -4.55. The summed E-state index contributed by atoms with van der Waals surface area (Å²) < 4.78 is 28.6. The Kier molecular flexibility index (Phi) is 14.8. The van der Waals surface area contributed by atoms with Crippen molar-refractivity contribution in [1.82, 2.24) is 9.55 Å². The highest BCUT2D eigenvalue weighted by atomic mass is 31.2. The Morgan fingerprint density at radius 3 is 2.10 bits per heavy atom. The van der Waals surface area contributed by atoms with E-state index in [2.05, 4.69) is 11.9 Å². The number of aliphatic hydroxyl groups is 1. The number of unbranched alkanes of at least 4 members (excludes halogenated alkanes) is 13. The van der Waals surface area contributed by atoms with Crippen molar-refractivity contribution in [2.75, 3.05) is 13.2 Å². The number of carbonyl (C=O) groups excluding carboxylic acids is 1. The van der Waals surface area contributed by atoms with Crippen LogP contribution in [0.1, 0.15) is 115 Å². The maximum absolute atomic E-state index is 12.3. The summed E-state index contributed by atoms with van der Waals surface area (Å²) in [6.45, 7) is 2.85. The van der Waals surface area contributed by atoms with Crippen LogP contribution in [0.2, 0.25) is 0 Å². The average molecular weight is 590 g/mol. The Morgan fingerprint density at radius 2 is 1.57 bits per heavy atom. The summed E-state index contributed by atoms with van der Waals surface area (Å²) in [5, 5.41) is 22.3. The summed E-state index contributed by atoms with van der Waals surface area (Å²) in [5.41, 5.74) is -3.93. The number of aromatic amines is 1. The van der Waals surface area contributed by atoms with Gasteiger partial charge >= 0.3 is 13.5 Å². The van der Waals surface area contributed by atoms with Crippen LogP contribution in [0.4, 0.5) is 0 Å². The molecule has 0 bridgehead atoms. The molecule has 0 spiro atoms. The summed E-state index contributed by atoms with van der Waals surface area (Å²) in [4.78, 5) is 47.5. The van der Waals surface area contributed by atoms with Crippen LogP contribution < -0.4 is 16.4 Å². The first-order chi connectivity index (χ1) is 19.0. The number of H-pyrrole nitrogens is 1. The van der Waals surface area contributed by atoms with Crippen molar-refractivity contribution in [2.45, 2.75) is 128 Å². The number of aliphatic carboxylic acids is 1. The lowest BCUT2D eigenvalue weighted by molar-refractivity contribution is -0.327. The number of aromatic nitrogens is 2. The molecule has 4 atom stereocenters. The van der Waals surface area contributed by atoms with E-state index in [4.69, 9.17) is 13.8 Å². The van der Waals surface area contributed by atoms with Gasteiger partial charge in [0.15, 0.2) is 0 Å². The highest BCUT2D eigenvalue weighted by Gasteiger charge is 2.50. The minimum absolute atomic E-state index is 0.0171. The predicted octanol–water partition coefficient (Wildman–Crippen LogP) is 3.23. The molecule has 1 aliphatic rings. The lowest BCUT2D eigenvalue weighted by Gasteiger charge is -2.29. The Morgan fingerprint density at radius 1 is 1.05 bits per heavy atom. The predicted molar refractivity (Wildman–Crippen MR) is 147 cm³/mol. The van der Waals surface area contributed by atoms with Gasteiger partial charge in [-0.15, -0.1) is 0 Å². The summed E-state index contributed by atoms with van der Waals surface area (Å²) in [6, 6.07) is 0. The van der Waals surface area contributed by atoms with E-state index in [0.29, 0.717) is 6.42 Å². The molecular formula is C27H46N2O10P-. The van der Waals surface area contributed by atoms with E-state index < -0.39 is 56.0 Å². The number of phosphoric acid groups is 1. The SMILES string of the molecule is CCCCCCCCCCCCCCCCOP(=O)(O)OC[C@H]1O[C@@H](n2cc(C)c(=O)[nH]c2=O)C[C@@]1(O)C(=O)[O-]. The molecule has 40 heavy (non-hydrogen) atoms. The molecule has 13 heteroatoms. The van der Waals surface area contributed by atoms with Crippen molar-refractivity contribution in [3.8, 4) is 0 Å². The van der Waals surface area contributed by atoms with Crippen molar-refractivity contribution in [2.24, 2.45) is 0 Å². The van der Waals surface area contributed by atoms with Crippen LogP contribution in [-0.2, 0) is 23.1 Å². The van der Waals surface area contributed by atoms with Gasteiger partial charge in [0.2, 0.25) is 0 Å². The Hall–Kier alpha value is -1.82. The van der Waals surface area contributed by atoms with E-state index in [1.54, 1.807) is 0 Å². The molecule has 12 nitrogen and oxygen atoms in total. The third-order valence-electron chi connectivity index (χ3n) is 7.29. The van der Waals surface area contributed by atoms with Gasteiger partial charge in [-0.1, -0.05) is 90.4 Å². The maximum atomic E-state index is 12.3. The van der Waals surface area contributed by atoms with Gasteiger partial charge in [-0.05, 0) is 13.3 Å². The van der Waals surface area contributed by atoms with Crippen LogP contribution in [0.15, 0.2) is 15.8 Å². The second-order valence-electron chi connectivity index (χ2n) is 10.7. The monoisotopic (exact) mass is 589 g/mol. The quantitative estimate of drug-likeness (QED) is 0.142. The van der Waals surface area contributed by atoms with E-state index in [9.17, 15) is 34.1 Å². The van der Waals surface area contributed by atoms with Crippen LogP contribution in [0.25, 0.3) is 0 Å². The second kappa shape index (κ2) is 17.2. The standard InChI is InChI=1S/C27H47N2O10P/c1-3-4-5-6-7-8-9-10-11-12-13-14-15-16-17-37-40(35,36)38-20-22-27(34,25(31)32)18-23(39-22)29-19-21(2)24(30)28-26(29)33/h19,22-23,34H,3-18,20H2,1-2H3,(H,31,32)(H,35,36)(H,28,30,33)/p-1/t22-,23-,27+/m1/s1. The Balaban J connectivity index is 1.66.